The third-order valence-corrected chi connectivity index (χ3v) is 3.20. The molecule has 1 aromatic heterocycles. The van der Waals surface area contributed by atoms with Gasteiger partial charge < -0.3 is 10.4 Å². The van der Waals surface area contributed by atoms with Gasteiger partial charge >= 0.3 is 12.0 Å². The van der Waals surface area contributed by atoms with Gasteiger partial charge in [0, 0.05) is 21.7 Å². The van der Waals surface area contributed by atoms with Gasteiger partial charge in [0.25, 0.3) is 0 Å². The average molecular weight is 342 g/mol. The molecule has 0 aliphatic rings. The highest BCUT2D eigenvalue weighted by molar-refractivity contribution is 9.10. The van der Waals surface area contributed by atoms with Gasteiger partial charge in [-0.25, -0.2) is 14.6 Å². The second kappa shape index (κ2) is 5.81. The monoisotopic (exact) mass is 341 g/mol. The third kappa shape index (κ3) is 3.76. The van der Waals surface area contributed by atoms with E-state index in [9.17, 15) is 9.59 Å². The summed E-state index contributed by atoms with van der Waals surface area (Å²) >= 11 is 4.47. The van der Waals surface area contributed by atoms with E-state index in [1.165, 1.54) is 23.5 Å². The molecule has 8 heteroatoms. The number of aromatic carboxylic acids is 1. The molecule has 0 bridgehead atoms. The number of benzene rings is 1. The van der Waals surface area contributed by atoms with Crippen molar-refractivity contribution in [1.29, 1.82) is 0 Å². The zero-order valence-electron chi connectivity index (χ0n) is 9.38. The van der Waals surface area contributed by atoms with Crippen molar-refractivity contribution >= 4 is 50.1 Å². The van der Waals surface area contributed by atoms with Crippen molar-refractivity contribution in [3.8, 4) is 0 Å². The number of urea groups is 1. The molecule has 2 aromatic rings. The second-order valence-electron chi connectivity index (χ2n) is 3.45. The fourth-order valence-corrected chi connectivity index (χ4v) is 2.35. The molecule has 2 amide bonds. The maximum absolute atomic E-state index is 11.7. The van der Waals surface area contributed by atoms with E-state index >= 15 is 0 Å². The molecule has 98 valence electrons. The largest absolute Gasteiger partial charge is 0.478 e. The van der Waals surface area contributed by atoms with Gasteiger partial charge in [-0.2, -0.15) is 0 Å². The van der Waals surface area contributed by atoms with Gasteiger partial charge in [-0.15, -0.1) is 11.3 Å². The number of rotatable bonds is 3. The van der Waals surface area contributed by atoms with Crippen LogP contribution in [0.1, 0.15) is 10.4 Å². The van der Waals surface area contributed by atoms with Gasteiger partial charge in [0.2, 0.25) is 0 Å². The maximum Gasteiger partial charge on any atom is 0.335 e. The lowest BCUT2D eigenvalue weighted by molar-refractivity contribution is 0.0697. The number of anilines is 2. The minimum atomic E-state index is -1.07. The van der Waals surface area contributed by atoms with E-state index in [0.29, 0.717) is 15.3 Å². The van der Waals surface area contributed by atoms with E-state index in [2.05, 4.69) is 31.5 Å². The summed E-state index contributed by atoms with van der Waals surface area (Å²) in [4.78, 5) is 26.4. The smallest absolute Gasteiger partial charge is 0.335 e. The van der Waals surface area contributed by atoms with Crippen molar-refractivity contribution in [2.75, 3.05) is 10.6 Å². The zero-order valence-corrected chi connectivity index (χ0v) is 11.8. The Kier molecular flexibility index (Phi) is 4.13. The number of hydrogen-bond acceptors (Lipinski definition) is 4. The molecule has 0 radical (unpaired) electrons. The third-order valence-electron chi connectivity index (χ3n) is 2.06. The van der Waals surface area contributed by atoms with Crippen LogP contribution in [-0.4, -0.2) is 22.1 Å². The van der Waals surface area contributed by atoms with Crippen LogP contribution in [0.25, 0.3) is 0 Å². The molecule has 0 spiro atoms. The van der Waals surface area contributed by atoms with E-state index < -0.39 is 12.0 Å². The Morgan fingerprint density at radius 3 is 2.68 bits per heavy atom. The first-order chi connectivity index (χ1) is 9.04. The summed E-state index contributed by atoms with van der Waals surface area (Å²) < 4.78 is 0.567. The van der Waals surface area contributed by atoms with Gasteiger partial charge in [-0.05, 0) is 18.2 Å². The SMILES string of the molecule is O=C(Nc1cc(Br)cc(C(=O)O)c1)Nc1nccs1. The molecule has 0 saturated carbocycles. The minimum absolute atomic E-state index is 0.0823. The fourth-order valence-electron chi connectivity index (χ4n) is 1.33. The molecule has 0 fully saturated rings. The molecule has 6 nitrogen and oxygen atoms in total. The van der Waals surface area contributed by atoms with Crippen LogP contribution in [0.15, 0.2) is 34.2 Å². The summed E-state index contributed by atoms with van der Waals surface area (Å²) in [5.74, 6) is -1.07. The van der Waals surface area contributed by atoms with Crippen LogP contribution in [0.5, 0.6) is 0 Å². The van der Waals surface area contributed by atoms with E-state index in [4.69, 9.17) is 5.11 Å². The van der Waals surface area contributed by atoms with Crippen molar-refractivity contribution in [1.82, 2.24) is 4.98 Å². The van der Waals surface area contributed by atoms with Crippen LogP contribution in [0.3, 0.4) is 0 Å². The normalized spacial score (nSPS) is 9.95. The molecule has 2 rings (SSSR count). The molecule has 0 unspecified atom stereocenters. The maximum atomic E-state index is 11.7. The lowest BCUT2D eigenvalue weighted by atomic mass is 10.2. The van der Waals surface area contributed by atoms with Crippen LogP contribution in [-0.2, 0) is 0 Å². The Balaban J connectivity index is 2.10. The summed E-state index contributed by atoms with van der Waals surface area (Å²) in [6.07, 6.45) is 1.57. The van der Waals surface area contributed by atoms with Gasteiger partial charge in [-0.3, -0.25) is 5.32 Å². The summed E-state index contributed by atoms with van der Waals surface area (Å²) in [6, 6.07) is 3.94. The number of halogens is 1. The zero-order chi connectivity index (χ0) is 13.8. The van der Waals surface area contributed by atoms with Crippen LogP contribution in [0.4, 0.5) is 15.6 Å². The van der Waals surface area contributed by atoms with Crippen molar-refractivity contribution in [3.05, 3.63) is 39.8 Å². The molecular formula is C11H8BrN3O3S. The van der Waals surface area contributed by atoms with Crippen LogP contribution < -0.4 is 10.6 Å². The Hall–Kier alpha value is -1.93. The molecule has 0 atom stereocenters. The van der Waals surface area contributed by atoms with Crippen LogP contribution >= 0.6 is 27.3 Å². The number of carbonyl (C=O) groups is 2. The van der Waals surface area contributed by atoms with Crippen molar-refractivity contribution in [3.63, 3.8) is 0 Å². The fraction of sp³-hybridized carbons (Fsp3) is 0. The Morgan fingerprint density at radius 2 is 2.05 bits per heavy atom. The van der Waals surface area contributed by atoms with E-state index in [-0.39, 0.29) is 5.56 Å². The van der Waals surface area contributed by atoms with E-state index in [1.807, 2.05) is 0 Å². The van der Waals surface area contributed by atoms with Crippen molar-refractivity contribution < 1.29 is 14.7 Å². The number of thiazole rings is 1. The van der Waals surface area contributed by atoms with Crippen molar-refractivity contribution in [2.24, 2.45) is 0 Å². The lowest BCUT2D eigenvalue weighted by Gasteiger charge is -2.07. The minimum Gasteiger partial charge on any atom is -0.478 e. The van der Waals surface area contributed by atoms with Gasteiger partial charge in [-0.1, -0.05) is 15.9 Å². The highest BCUT2D eigenvalue weighted by Gasteiger charge is 2.09. The number of carboxylic acid groups (broad SMARTS) is 1. The van der Waals surface area contributed by atoms with Gasteiger partial charge in [0.1, 0.15) is 0 Å². The van der Waals surface area contributed by atoms with Crippen LogP contribution in [0, 0.1) is 0 Å². The van der Waals surface area contributed by atoms with Crippen molar-refractivity contribution in [2.45, 2.75) is 0 Å². The quantitative estimate of drug-likeness (QED) is 0.799. The standard InChI is InChI=1S/C11H8BrN3O3S/c12-7-3-6(9(16)17)4-8(5-7)14-10(18)15-11-13-1-2-19-11/h1-5H,(H,16,17)(H2,13,14,15,18). The molecule has 0 aliphatic carbocycles. The first-order valence-electron chi connectivity index (χ1n) is 5.06. The molecular weight excluding hydrogens is 334 g/mol. The summed E-state index contributed by atoms with van der Waals surface area (Å²) in [7, 11) is 0. The number of hydrogen-bond donors (Lipinski definition) is 3. The molecule has 3 N–H and O–H groups in total. The molecule has 0 saturated heterocycles. The average Bonchev–Trinajstić information content (AvgIpc) is 2.80. The molecule has 1 aromatic carbocycles. The Labute approximate surface area is 120 Å². The van der Waals surface area contributed by atoms with E-state index in [1.54, 1.807) is 17.6 Å². The number of amides is 2. The predicted molar refractivity (Wildman–Crippen MR) is 75.9 cm³/mol. The lowest BCUT2D eigenvalue weighted by Crippen LogP contribution is -2.19. The molecule has 0 aliphatic heterocycles. The number of carboxylic acids is 1. The number of nitrogens with one attached hydrogen (secondary N) is 2. The van der Waals surface area contributed by atoms with Gasteiger partial charge in [0.15, 0.2) is 5.13 Å². The number of aromatic nitrogens is 1. The summed E-state index contributed by atoms with van der Waals surface area (Å²) in [5, 5.41) is 16.2. The Morgan fingerprint density at radius 1 is 1.26 bits per heavy atom. The van der Waals surface area contributed by atoms with Gasteiger partial charge in [0.05, 0.1) is 5.56 Å². The van der Waals surface area contributed by atoms with Crippen LogP contribution in [0.2, 0.25) is 0 Å². The highest BCUT2D eigenvalue weighted by Crippen LogP contribution is 2.20. The molecule has 1 heterocycles. The summed E-state index contributed by atoms with van der Waals surface area (Å²) in [5.41, 5.74) is 0.458. The van der Waals surface area contributed by atoms with E-state index in [0.717, 1.165) is 0 Å². The number of carbonyl (C=O) groups excluding carboxylic acids is 1. The predicted octanol–water partition coefficient (Wildman–Crippen LogP) is 3.25. The highest BCUT2D eigenvalue weighted by atomic mass is 79.9. The first kappa shape index (κ1) is 13.5. The molecule has 19 heavy (non-hydrogen) atoms. The Bertz CT molecular complexity index is 616. The first-order valence-corrected chi connectivity index (χ1v) is 6.73. The topological polar surface area (TPSA) is 91.3 Å². The second-order valence-corrected chi connectivity index (χ2v) is 5.26. The summed E-state index contributed by atoms with van der Waals surface area (Å²) in [6.45, 7) is 0. The number of nitrogens with zero attached hydrogens (tertiary/aromatic N) is 1.